The third kappa shape index (κ3) is 6.16. The van der Waals surface area contributed by atoms with E-state index >= 15 is 0 Å². The molecule has 7 heteroatoms. The number of carbonyl (C=O) groups is 3. The maximum atomic E-state index is 12.4. The van der Waals surface area contributed by atoms with E-state index in [0.29, 0.717) is 13.0 Å². The van der Waals surface area contributed by atoms with Gasteiger partial charge in [0.2, 0.25) is 11.8 Å². The van der Waals surface area contributed by atoms with Crippen LogP contribution in [0.2, 0.25) is 0 Å². The van der Waals surface area contributed by atoms with Crippen molar-refractivity contribution in [2.45, 2.75) is 38.1 Å². The van der Waals surface area contributed by atoms with Crippen molar-refractivity contribution < 1.29 is 19.1 Å². The van der Waals surface area contributed by atoms with Crippen LogP contribution >= 0.6 is 15.9 Å². The van der Waals surface area contributed by atoms with Crippen LogP contribution in [0.4, 0.5) is 0 Å². The Bertz CT molecular complexity index is 635. The first-order valence-electron chi connectivity index (χ1n) is 8.39. The van der Waals surface area contributed by atoms with E-state index in [1.807, 2.05) is 24.3 Å². The molecule has 0 spiro atoms. The molecular formula is C18H23BrN2O4. The average Bonchev–Trinajstić information content (AvgIpc) is 2.78. The van der Waals surface area contributed by atoms with Crippen LogP contribution in [-0.4, -0.2) is 42.9 Å². The van der Waals surface area contributed by atoms with Gasteiger partial charge in [0.15, 0.2) is 0 Å². The smallest absolute Gasteiger partial charge is 0.307 e. The van der Waals surface area contributed by atoms with Crippen molar-refractivity contribution in [2.24, 2.45) is 0 Å². The summed E-state index contributed by atoms with van der Waals surface area (Å²) in [5.74, 6) is -0.667. The number of ether oxygens (including phenoxy) is 1. The fourth-order valence-corrected chi connectivity index (χ4v) is 3.26. The summed E-state index contributed by atoms with van der Waals surface area (Å²) >= 11 is 3.39. The lowest BCUT2D eigenvalue weighted by Crippen LogP contribution is -2.42. The number of carbonyl (C=O) groups excluding carboxylic acids is 3. The van der Waals surface area contributed by atoms with Crippen molar-refractivity contribution in [2.75, 3.05) is 20.2 Å². The summed E-state index contributed by atoms with van der Waals surface area (Å²) in [5.41, 5.74) is 0.801. The van der Waals surface area contributed by atoms with Gasteiger partial charge in [-0.25, -0.2) is 0 Å². The third-order valence-electron chi connectivity index (χ3n) is 4.19. The van der Waals surface area contributed by atoms with Gasteiger partial charge in [-0.1, -0.05) is 34.5 Å². The summed E-state index contributed by atoms with van der Waals surface area (Å²) in [6.45, 7) is 0.620. The molecule has 0 bridgehead atoms. The molecule has 25 heavy (non-hydrogen) atoms. The van der Waals surface area contributed by atoms with Gasteiger partial charge in [0, 0.05) is 17.4 Å². The first kappa shape index (κ1) is 19.4. The summed E-state index contributed by atoms with van der Waals surface area (Å²) in [6, 6.07) is 6.91. The van der Waals surface area contributed by atoms with Crippen molar-refractivity contribution in [3.05, 3.63) is 34.3 Å². The van der Waals surface area contributed by atoms with Crippen LogP contribution in [0.5, 0.6) is 0 Å². The number of hydrogen-bond donors (Lipinski definition) is 1. The number of rotatable bonds is 6. The molecule has 1 atom stereocenters. The number of halogens is 1. The number of methoxy groups -OCH3 is 1. The summed E-state index contributed by atoms with van der Waals surface area (Å²) in [6.07, 6.45) is 3.32. The Morgan fingerprint density at radius 1 is 1.32 bits per heavy atom. The molecule has 1 heterocycles. The number of likely N-dealkylation sites (tertiary alicyclic amines) is 1. The zero-order valence-electron chi connectivity index (χ0n) is 14.3. The number of nitrogens with one attached hydrogen (secondary N) is 1. The van der Waals surface area contributed by atoms with E-state index in [9.17, 15) is 14.4 Å². The summed E-state index contributed by atoms with van der Waals surface area (Å²) in [7, 11) is 1.32. The molecule has 1 aliphatic heterocycles. The van der Waals surface area contributed by atoms with Gasteiger partial charge in [0.25, 0.3) is 0 Å². The predicted molar refractivity (Wildman–Crippen MR) is 96.7 cm³/mol. The van der Waals surface area contributed by atoms with Gasteiger partial charge in [-0.05, 0) is 30.5 Å². The van der Waals surface area contributed by atoms with Crippen LogP contribution in [-0.2, 0) is 19.1 Å². The second-order valence-corrected chi connectivity index (χ2v) is 7.00. The van der Waals surface area contributed by atoms with Gasteiger partial charge in [-0.3, -0.25) is 14.4 Å². The minimum absolute atomic E-state index is 0.0135. The second kappa shape index (κ2) is 9.56. The van der Waals surface area contributed by atoms with E-state index in [0.717, 1.165) is 29.3 Å². The minimum Gasteiger partial charge on any atom is -0.469 e. The Morgan fingerprint density at radius 3 is 2.84 bits per heavy atom. The van der Waals surface area contributed by atoms with Crippen molar-refractivity contribution in [3.63, 3.8) is 0 Å². The Kier molecular flexibility index (Phi) is 7.43. The number of hydrogen-bond acceptors (Lipinski definition) is 4. The lowest BCUT2D eigenvalue weighted by Gasteiger charge is -2.23. The van der Waals surface area contributed by atoms with Gasteiger partial charge in [-0.2, -0.15) is 0 Å². The molecule has 1 aromatic carbocycles. The van der Waals surface area contributed by atoms with Crippen LogP contribution in [0.1, 0.15) is 43.7 Å². The number of amides is 2. The van der Waals surface area contributed by atoms with Crippen molar-refractivity contribution in [1.82, 2.24) is 10.2 Å². The monoisotopic (exact) mass is 410 g/mol. The normalized spacial score (nSPS) is 16.1. The van der Waals surface area contributed by atoms with Crippen LogP contribution in [0.25, 0.3) is 0 Å². The third-order valence-corrected chi connectivity index (χ3v) is 4.68. The quantitative estimate of drug-likeness (QED) is 0.731. The van der Waals surface area contributed by atoms with Crippen LogP contribution in [0, 0.1) is 0 Å². The van der Waals surface area contributed by atoms with E-state index in [2.05, 4.69) is 21.2 Å². The molecule has 0 saturated carbocycles. The van der Waals surface area contributed by atoms with E-state index in [-0.39, 0.29) is 24.8 Å². The number of nitrogens with zero attached hydrogens (tertiary/aromatic N) is 1. The highest BCUT2D eigenvalue weighted by Gasteiger charge is 2.23. The van der Waals surface area contributed by atoms with Crippen LogP contribution in [0.15, 0.2) is 28.7 Å². The van der Waals surface area contributed by atoms with E-state index < -0.39 is 12.0 Å². The maximum absolute atomic E-state index is 12.4. The molecule has 1 N–H and O–H groups in total. The molecule has 0 aliphatic carbocycles. The van der Waals surface area contributed by atoms with Crippen molar-refractivity contribution in [1.29, 1.82) is 0 Å². The SMILES string of the molecule is COC(=O)CC(NC(=O)CN1CCCCCC1=O)c1cccc(Br)c1. The highest BCUT2D eigenvalue weighted by Crippen LogP contribution is 2.21. The average molecular weight is 411 g/mol. The number of benzene rings is 1. The molecule has 1 aromatic rings. The van der Waals surface area contributed by atoms with Gasteiger partial charge in [-0.15, -0.1) is 0 Å². The summed E-state index contributed by atoms with van der Waals surface area (Å²) < 4.78 is 5.59. The molecule has 1 aliphatic rings. The lowest BCUT2D eigenvalue weighted by molar-refractivity contribution is -0.142. The van der Waals surface area contributed by atoms with E-state index in [1.165, 1.54) is 7.11 Å². The molecule has 0 aromatic heterocycles. The fourth-order valence-electron chi connectivity index (χ4n) is 2.84. The standard InChI is InChI=1S/C18H23BrN2O4/c1-25-18(24)11-15(13-6-5-7-14(19)10-13)20-16(22)12-21-9-4-2-3-8-17(21)23/h5-7,10,15H,2-4,8-9,11-12H2,1H3,(H,20,22). The predicted octanol–water partition coefficient (Wildman–Crippen LogP) is 2.57. The molecule has 1 fully saturated rings. The largest absolute Gasteiger partial charge is 0.469 e. The molecule has 1 saturated heterocycles. The molecule has 136 valence electrons. The zero-order chi connectivity index (χ0) is 18.2. The van der Waals surface area contributed by atoms with Crippen molar-refractivity contribution >= 4 is 33.7 Å². The molecule has 0 radical (unpaired) electrons. The molecule has 1 unspecified atom stereocenters. The van der Waals surface area contributed by atoms with Crippen LogP contribution < -0.4 is 5.32 Å². The first-order valence-corrected chi connectivity index (χ1v) is 9.18. The molecule has 2 rings (SSSR count). The van der Waals surface area contributed by atoms with Gasteiger partial charge in [0.1, 0.15) is 0 Å². The topological polar surface area (TPSA) is 75.7 Å². The van der Waals surface area contributed by atoms with Crippen molar-refractivity contribution in [3.8, 4) is 0 Å². The van der Waals surface area contributed by atoms with E-state index in [4.69, 9.17) is 4.74 Å². The summed E-state index contributed by atoms with van der Waals surface area (Å²) in [4.78, 5) is 37.8. The second-order valence-electron chi connectivity index (χ2n) is 6.08. The number of esters is 1. The Hall–Kier alpha value is -1.89. The highest BCUT2D eigenvalue weighted by molar-refractivity contribution is 9.10. The zero-order valence-corrected chi connectivity index (χ0v) is 15.9. The Morgan fingerprint density at radius 2 is 2.12 bits per heavy atom. The first-order chi connectivity index (χ1) is 12.0. The lowest BCUT2D eigenvalue weighted by atomic mass is 10.0. The van der Waals surface area contributed by atoms with Crippen LogP contribution in [0.3, 0.4) is 0 Å². The van der Waals surface area contributed by atoms with Gasteiger partial charge >= 0.3 is 5.97 Å². The Labute approximate surface area is 156 Å². The molecular weight excluding hydrogens is 388 g/mol. The molecule has 6 nitrogen and oxygen atoms in total. The fraction of sp³-hybridized carbons (Fsp3) is 0.500. The maximum Gasteiger partial charge on any atom is 0.307 e. The molecule has 2 amide bonds. The van der Waals surface area contributed by atoms with Gasteiger partial charge in [0.05, 0.1) is 26.1 Å². The summed E-state index contributed by atoms with van der Waals surface area (Å²) in [5, 5.41) is 2.86. The van der Waals surface area contributed by atoms with Gasteiger partial charge < -0.3 is 15.0 Å². The van der Waals surface area contributed by atoms with E-state index in [1.54, 1.807) is 4.90 Å². The highest BCUT2D eigenvalue weighted by atomic mass is 79.9. The minimum atomic E-state index is -0.500. The Balaban J connectivity index is 2.05.